The number of furan rings is 1. The average Bonchev–Trinajstić information content (AvgIpc) is 3.03. The Morgan fingerprint density at radius 3 is 2.52 bits per heavy atom. The summed E-state index contributed by atoms with van der Waals surface area (Å²) in [5.74, 6) is 1.35. The number of aryl methyl sites for hydroxylation is 1. The van der Waals surface area contributed by atoms with Gasteiger partial charge in [-0.15, -0.1) is 0 Å². The molecule has 1 aromatic heterocycles. The van der Waals surface area contributed by atoms with Crippen LogP contribution in [0.15, 0.2) is 65.1 Å². The molecule has 1 N–H and O–H groups in total. The van der Waals surface area contributed by atoms with Crippen molar-refractivity contribution in [1.29, 1.82) is 0 Å². The summed E-state index contributed by atoms with van der Waals surface area (Å²) in [7, 11) is 0. The van der Waals surface area contributed by atoms with E-state index in [1.807, 2.05) is 67.6 Å². The summed E-state index contributed by atoms with van der Waals surface area (Å²) < 4.78 is 5.77. The maximum atomic E-state index is 12.2. The molecule has 0 aliphatic rings. The van der Waals surface area contributed by atoms with Crippen molar-refractivity contribution in [2.24, 2.45) is 0 Å². The molecule has 4 heteroatoms. The van der Waals surface area contributed by atoms with Gasteiger partial charge in [-0.2, -0.15) is 0 Å². The number of carbonyl (C=O) groups is 1. The molecule has 3 rings (SSSR count). The molecule has 3 aromatic rings. The molecule has 23 heavy (non-hydrogen) atoms. The van der Waals surface area contributed by atoms with Crippen LogP contribution in [0.2, 0.25) is 5.02 Å². The van der Waals surface area contributed by atoms with Gasteiger partial charge in [0.05, 0.1) is 6.54 Å². The van der Waals surface area contributed by atoms with E-state index in [4.69, 9.17) is 16.0 Å². The van der Waals surface area contributed by atoms with Crippen LogP contribution in [0.4, 0.5) is 0 Å². The molecule has 0 saturated heterocycles. The van der Waals surface area contributed by atoms with Crippen molar-refractivity contribution in [3.63, 3.8) is 0 Å². The normalized spacial score (nSPS) is 10.5. The van der Waals surface area contributed by atoms with Gasteiger partial charge in [-0.25, -0.2) is 0 Å². The van der Waals surface area contributed by atoms with Crippen molar-refractivity contribution in [2.75, 3.05) is 0 Å². The topological polar surface area (TPSA) is 42.2 Å². The zero-order chi connectivity index (χ0) is 16.2. The number of halogens is 1. The third kappa shape index (κ3) is 3.63. The van der Waals surface area contributed by atoms with Gasteiger partial charge in [-0.1, -0.05) is 29.8 Å². The van der Waals surface area contributed by atoms with E-state index in [-0.39, 0.29) is 5.91 Å². The summed E-state index contributed by atoms with van der Waals surface area (Å²) >= 11 is 5.88. The molecule has 116 valence electrons. The maximum absolute atomic E-state index is 12.2. The number of rotatable bonds is 4. The van der Waals surface area contributed by atoms with Gasteiger partial charge in [0, 0.05) is 16.1 Å². The number of hydrogen-bond donors (Lipinski definition) is 1. The number of benzene rings is 2. The molecule has 0 unspecified atom stereocenters. The number of nitrogens with one attached hydrogen (secondary N) is 1. The van der Waals surface area contributed by atoms with E-state index in [1.165, 1.54) is 0 Å². The van der Waals surface area contributed by atoms with Crippen LogP contribution in [-0.4, -0.2) is 5.91 Å². The lowest BCUT2D eigenvalue weighted by Crippen LogP contribution is -2.23. The molecule has 0 aliphatic heterocycles. The first kappa shape index (κ1) is 15.4. The summed E-state index contributed by atoms with van der Waals surface area (Å²) in [6.07, 6.45) is 0. The van der Waals surface area contributed by atoms with Gasteiger partial charge in [-0.05, 0) is 55.0 Å². The Bertz CT molecular complexity index is 821. The van der Waals surface area contributed by atoms with Crippen LogP contribution in [0.25, 0.3) is 11.3 Å². The van der Waals surface area contributed by atoms with Gasteiger partial charge in [-0.3, -0.25) is 4.79 Å². The summed E-state index contributed by atoms with van der Waals surface area (Å²) in [6.45, 7) is 2.27. The predicted octanol–water partition coefficient (Wildman–Crippen LogP) is 4.84. The Labute approximate surface area is 139 Å². The zero-order valence-electron chi connectivity index (χ0n) is 12.7. The zero-order valence-corrected chi connectivity index (χ0v) is 13.4. The Morgan fingerprint density at radius 2 is 1.78 bits per heavy atom. The summed E-state index contributed by atoms with van der Waals surface area (Å²) in [4.78, 5) is 12.2. The van der Waals surface area contributed by atoms with Crippen molar-refractivity contribution >= 4 is 17.5 Å². The van der Waals surface area contributed by atoms with Crippen molar-refractivity contribution in [1.82, 2.24) is 5.32 Å². The predicted molar refractivity (Wildman–Crippen MR) is 91.5 cm³/mol. The molecule has 1 amide bonds. The Hall–Kier alpha value is -2.52. The molecule has 0 radical (unpaired) electrons. The second-order valence-corrected chi connectivity index (χ2v) is 5.71. The fraction of sp³-hybridized carbons (Fsp3) is 0.105. The Balaban J connectivity index is 1.67. The van der Waals surface area contributed by atoms with Gasteiger partial charge in [0.2, 0.25) is 0 Å². The van der Waals surface area contributed by atoms with Crippen LogP contribution in [0.5, 0.6) is 0 Å². The smallest absolute Gasteiger partial charge is 0.251 e. The molecule has 1 heterocycles. The summed E-state index contributed by atoms with van der Waals surface area (Å²) in [6, 6.07) is 18.7. The van der Waals surface area contributed by atoms with E-state index in [2.05, 4.69) is 5.32 Å². The molecule has 2 aromatic carbocycles. The van der Waals surface area contributed by atoms with Crippen molar-refractivity contribution in [3.05, 3.63) is 82.6 Å². The number of amides is 1. The fourth-order valence-corrected chi connectivity index (χ4v) is 2.46. The first-order chi connectivity index (χ1) is 11.1. The highest BCUT2D eigenvalue weighted by molar-refractivity contribution is 6.30. The molecule has 0 spiro atoms. The monoisotopic (exact) mass is 325 g/mol. The highest BCUT2D eigenvalue weighted by Gasteiger charge is 2.10. The Morgan fingerprint density at radius 1 is 1.04 bits per heavy atom. The van der Waals surface area contributed by atoms with Crippen LogP contribution >= 0.6 is 11.6 Å². The van der Waals surface area contributed by atoms with Crippen LogP contribution in [0.3, 0.4) is 0 Å². The molecule has 0 atom stereocenters. The van der Waals surface area contributed by atoms with E-state index in [1.54, 1.807) is 0 Å². The van der Waals surface area contributed by atoms with Crippen LogP contribution in [0, 0.1) is 6.92 Å². The largest absolute Gasteiger partial charge is 0.459 e. The van der Waals surface area contributed by atoms with Crippen LogP contribution in [0.1, 0.15) is 21.7 Å². The van der Waals surface area contributed by atoms with E-state index >= 15 is 0 Å². The highest BCUT2D eigenvalue weighted by Crippen LogP contribution is 2.23. The maximum Gasteiger partial charge on any atom is 0.251 e. The van der Waals surface area contributed by atoms with Crippen LogP contribution in [-0.2, 0) is 6.54 Å². The lowest BCUT2D eigenvalue weighted by atomic mass is 10.1. The molecule has 0 bridgehead atoms. The molecule has 0 fully saturated rings. The molecule has 0 aliphatic carbocycles. The average molecular weight is 326 g/mol. The standard InChI is InChI=1S/C19H16ClNO2/c1-13-4-2-3-5-17(13)19(22)21-12-16-10-11-18(23-16)14-6-8-15(20)9-7-14/h2-11H,12H2,1H3,(H,21,22). The number of carbonyl (C=O) groups excluding carboxylic acids is 1. The molecular formula is C19H16ClNO2. The van der Waals surface area contributed by atoms with Crippen molar-refractivity contribution < 1.29 is 9.21 Å². The van der Waals surface area contributed by atoms with E-state index in [9.17, 15) is 4.79 Å². The summed E-state index contributed by atoms with van der Waals surface area (Å²) in [5.41, 5.74) is 2.58. The second kappa shape index (κ2) is 6.71. The highest BCUT2D eigenvalue weighted by atomic mass is 35.5. The third-order valence-electron chi connectivity index (χ3n) is 3.60. The first-order valence-corrected chi connectivity index (χ1v) is 7.70. The minimum absolute atomic E-state index is 0.104. The van der Waals surface area contributed by atoms with Gasteiger partial charge in [0.15, 0.2) is 0 Å². The fourth-order valence-electron chi connectivity index (χ4n) is 2.33. The minimum Gasteiger partial charge on any atom is -0.459 e. The molecular weight excluding hydrogens is 310 g/mol. The molecule has 0 saturated carbocycles. The molecule has 3 nitrogen and oxygen atoms in total. The van der Waals surface area contributed by atoms with Gasteiger partial charge in [0.25, 0.3) is 5.91 Å². The Kier molecular flexibility index (Phi) is 4.49. The van der Waals surface area contributed by atoms with Gasteiger partial charge in [0.1, 0.15) is 11.5 Å². The second-order valence-electron chi connectivity index (χ2n) is 5.27. The van der Waals surface area contributed by atoms with E-state index < -0.39 is 0 Å². The van der Waals surface area contributed by atoms with Crippen molar-refractivity contribution in [3.8, 4) is 11.3 Å². The summed E-state index contributed by atoms with van der Waals surface area (Å²) in [5, 5.41) is 3.56. The van der Waals surface area contributed by atoms with Crippen molar-refractivity contribution in [2.45, 2.75) is 13.5 Å². The SMILES string of the molecule is Cc1ccccc1C(=O)NCc1ccc(-c2ccc(Cl)cc2)o1. The van der Waals surface area contributed by atoms with E-state index in [0.717, 1.165) is 16.9 Å². The third-order valence-corrected chi connectivity index (χ3v) is 3.86. The van der Waals surface area contributed by atoms with Gasteiger partial charge < -0.3 is 9.73 Å². The minimum atomic E-state index is -0.104. The van der Waals surface area contributed by atoms with E-state index in [0.29, 0.717) is 22.9 Å². The lowest BCUT2D eigenvalue weighted by Gasteiger charge is -2.06. The quantitative estimate of drug-likeness (QED) is 0.746. The van der Waals surface area contributed by atoms with Gasteiger partial charge >= 0.3 is 0 Å². The van der Waals surface area contributed by atoms with Crippen LogP contribution < -0.4 is 5.32 Å². The number of hydrogen-bond acceptors (Lipinski definition) is 2. The first-order valence-electron chi connectivity index (χ1n) is 7.32. The lowest BCUT2D eigenvalue weighted by molar-refractivity contribution is 0.0947.